The van der Waals surface area contributed by atoms with E-state index >= 15 is 0 Å². The van der Waals surface area contributed by atoms with Crippen LogP contribution in [0.15, 0.2) is 47.1 Å². The number of nitrogens with zero attached hydrogens (tertiary/aromatic N) is 1. The number of benzene rings is 1. The van der Waals surface area contributed by atoms with E-state index in [1.165, 1.54) is 18.4 Å². The molecule has 128 valence electrons. The normalized spacial score (nSPS) is 16.0. The van der Waals surface area contributed by atoms with Gasteiger partial charge in [0.05, 0.1) is 12.3 Å². The standard InChI is InChI=1S/C19H25N3OS/c1-2-15-7-9-16(10-8-15)21-19(24)20-14-17(18-6-5-13-23-18)22-11-3-4-12-22/h5-10,13,17H,2-4,11-12,14H2,1H3,(H2,20,21,24)/t17-/m0/s1. The summed E-state index contributed by atoms with van der Waals surface area (Å²) >= 11 is 5.45. The smallest absolute Gasteiger partial charge is 0.170 e. The predicted octanol–water partition coefficient (Wildman–Crippen LogP) is 3.97. The van der Waals surface area contributed by atoms with Gasteiger partial charge in [-0.2, -0.15) is 0 Å². The number of hydrogen-bond acceptors (Lipinski definition) is 3. The number of anilines is 1. The van der Waals surface area contributed by atoms with Gasteiger partial charge in [-0.15, -0.1) is 0 Å². The largest absolute Gasteiger partial charge is 0.468 e. The molecule has 0 saturated carbocycles. The zero-order valence-corrected chi connectivity index (χ0v) is 14.9. The van der Waals surface area contributed by atoms with Crippen molar-refractivity contribution in [3.63, 3.8) is 0 Å². The molecule has 0 radical (unpaired) electrons. The first-order chi connectivity index (χ1) is 11.8. The van der Waals surface area contributed by atoms with Crippen LogP contribution >= 0.6 is 12.2 Å². The highest BCUT2D eigenvalue weighted by Gasteiger charge is 2.25. The van der Waals surface area contributed by atoms with Crippen molar-refractivity contribution in [2.45, 2.75) is 32.2 Å². The monoisotopic (exact) mass is 343 g/mol. The van der Waals surface area contributed by atoms with E-state index in [4.69, 9.17) is 16.6 Å². The second-order valence-corrected chi connectivity index (χ2v) is 6.57. The van der Waals surface area contributed by atoms with E-state index in [-0.39, 0.29) is 6.04 Å². The number of hydrogen-bond donors (Lipinski definition) is 2. The Labute approximate surface area is 149 Å². The number of aryl methyl sites for hydroxylation is 1. The van der Waals surface area contributed by atoms with Gasteiger partial charge < -0.3 is 15.1 Å². The van der Waals surface area contributed by atoms with Crippen molar-refractivity contribution in [1.29, 1.82) is 0 Å². The van der Waals surface area contributed by atoms with E-state index < -0.39 is 0 Å². The molecule has 3 rings (SSSR count). The van der Waals surface area contributed by atoms with E-state index in [0.29, 0.717) is 5.11 Å². The number of rotatable bonds is 6. The maximum atomic E-state index is 5.64. The lowest BCUT2D eigenvalue weighted by molar-refractivity contribution is 0.216. The predicted molar refractivity (Wildman–Crippen MR) is 102 cm³/mol. The van der Waals surface area contributed by atoms with Crippen LogP contribution in [0.2, 0.25) is 0 Å². The molecule has 1 aromatic carbocycles. The van der Waals surface area contributed by atoms with Gasteiger partial charge in [0.1, 0.15) is 5.76 Å². The highest BCUT2D eigenvalue weighted by molar-refractivity contribution is 7.80. The molecule has 0 unspecified atom stereocenters. The maximum Gasteiger partial charge on any atom is 0.170 e. The summed E-state index contributed by atoms with van der Waals surface area (Å²) < 4.78 is 5.64. The third kappa shape index (κ3) is 4.36. The van der Waals surface area contributed by atoms with E-state index in [9.17, 15) is 0 Å². The van der Waals surface area contributed by atoms with Crippen LogP contribution in [-0.4, -0.2) is 29.6 Å². The summed E-state index contributed by atoms with van der Waals surface area (Å²) in [6, 6.07) is 12.6. The van der Waals surface area contributed by atoms with Gasteiger partial charge in [0.2, 0.25) is 0 Å². The Kier molecular flexibility index (Phi) is 5.88. The summed E-state index contributed by atoms with van der Waals surface area (Å²) in [6.45, 7) is 5.13. The lowest BCUT2D eigenvalue weighted by Crippen LogP contribution is -2.38. The molecule has 4 nitrogen and oxygen atoms in total. The van der Waals surface area contributed by atoms with Crippen molar-refractivity contribution in [2.24, 2.45) is 0 Å². The van der Waals surface area contributed by atoms with Crippen LogP contribution in [0.25, 0.3) is 0 Å². The van der Waals surface area contributed by atoms with Crippen molar-refractivity contribution in [3.05, 3.63) is 54.0 Å². The van der Waals surface area contributed by atoms with E-state index in [0.717, 1.165) is 37.5 Å². The summed E-state index contributed by atoms with van der Waals surface area (Å²) in [6.07, 6.45) is 5.29. The summed E-state index contributed by atoms with van der Waals surface area (Å²) in [5, 5.41) is 7.25. The molecule has 0 bridgehead atoms. The van der Waals surface area contributed by atoms with Crippen LogP contribution in [0.4, 0.5) is 5.69 Å². The van der Waals surface area contributed by atoms with Gasteiger partial charge in [0.25, 0.3) is 0 Å². The fraction of sp³-hybridized carbons (Fsp3) is 0.421. The minimum atomic E-state index is 0.227. The van der Waals surface area contributed by atoms with Crippen LogP contribution in [0.5, 0.6) is 0 Å². The number of likely N-dealkylation sites (tertiary alicyclic amines) is 1. The highest BCUT2D eigenvalue weighted by Crippen LogP contribution is 2.24. The molecule has 1 aromatic heterocycles. The molecule has 5 heteroatoms. The Morgan fingerprint density at radius 2 is 1.96 bits per heavy atom. The fourth-order valence-electron chi connectivity index (χ4n) is 3.13. The first kappa shape index (κ1) is 17.0. The summed E-state index contributed by atoms with van der Waals surface area (Å²) in [4.78, 5) is 2.46. The molecule has 0 amide bonds. The first-order valence-electron chi connectivity index (χ1n) is 8.67. The second kappa shape index (κ2) is 8.31. The van der Waals surface area contributed by atoms with E-state index in [1.807, 2.05) is 12.1 Å². The average Bonchev–Trinajstić information content (AvgIpc) is 3.30. The molecule has 1 aliphatic rings. The second-order valence-electron chi connectivity index (χ2n) is 6.16. The Bertz CT molecular complexity index is 633. The third-order valence-electron chi connectivity index (χ3n) is 4.53. The number of thiocarbonyl (C=S) groups is 1. The number of nitrogens with one attached hydrogen (secondary N) is 2. The van der Waals surface area contributed by atoms with Crippen molar-refractivity contribution >= 4 is 23.0 Å². The molecular formula is C19H25N3OS. The Morgan fingerprint density at radius 3 is 2.58 bits per heavy atom. The van der Waals surface area contributed by atoms with Gasteiger partial charge in [-0.25, -0.2) is 0 Å². The highest BCUT2D eigenvalue weighted by atomic mass is 32.1. The van der Waals surface area contributed by atoms with Gasteiger partial charge in [-0.05, 0) is 74.4 Å². The Balaban J connectivity index is 1.56. The Hall–Kier alpha value is -1.85. The SMILES string of the molecule is CCc1ccc(NC(=S)NC[C@@H](c2ccco2)N2CCCC2)cc1. The molecule has 1 fully saturated rings. The van der Waals surface area contributed by atoms with Crippen molar-refractivity contribution in [1.82, 2.24) is 10.2 Å². The average molecular weight is 343 g/mol. The van der Waals surface area contributed by atoms with Crippen molar-refractivity contribution < 1.29 is 4.42 Å². The third-order valence-corrected chi connectivity index (χ3v) is 4.78. The van der Waals surface area contributed by atoms with Gasteiger partial charge in [0, 0.05) is 12.2 Å². The molecule has 1 aliphatic heterocycles. The van der Waals surface area contributed by atoms with Gasteiger partial charge >= 0.3 is 0 Å². The van der Waals surface area contributed by atoms with Gasteiger partial charge in [0.15, 0.2) is 5.11 Å². The van der Waals surface area contributed by atoms with Crippen LogP contribution in [0.3, 0.4) is 0 Å². The molecule has 2 N–H and O–H groups in total. The zero-order chi connectivity index (χ0) is 16.8. The van der Waals surface area contributed by atoms with Crippen LogP contribution in [0, 0.1) is 0 Å². The Morgan fingerprint density at radius 1 is 1.21 bits per heavy atom. The molecule has 2 aromatic rings. The first-order valence-corrected chi connectivity index (χ1v) is 9.08. The lowest BCUT2D eigenvalue weighted by Gasteiger charge is -2.26. The quantitative estimate of drug-likeness (QED) is 0.777. The molecule has 0 spiro atoms. The van der Waals surface area contributed by atoms with Crippen LogP contribution < -0.4 is 10.6 Å². The fourth-order valence-corrected chi connectivity index (χ4v) is 3.33. The summed E-state index contributed by atoms with van der Waals surface area (Å²) in [7, 11) is 0. The maximum absolute atomic E-state index is 5.64. The molecule has 2 heterocycles. The van der Waals surface area contributed by atoms with Gasteiger partial charge in [-0.3, -0.25) is 4.90 Å². The lowest BCUT2D eigenvalue weighted by atomic mass is 10.1. The van der Waals surface area contributed by atoms with Crippen LogP contribution in [-0.2, 0) is 6.42 Å². The minimum Gasteiger partial charge on any atom is -0.468 e. The molecule has 1 atom stereocenters. The molecular weight excluding hydrogens is 318 g/mol. The molecule has 0 aliphatic carbocycles. The zero-order valence-electron chi connectivity index (χ0n) is 14.1. The topological polar surface area (TPSA) is 40.4 Å². The van der Waals surface area contributed by atoms with Gasteiger partial charge in [-0.1, -0.05) is 19.1 Å². The number of furan rings is 1. The molecule has 24 heavy (non-hydrogen) atoms. The minimum absolute atomic E-state index is 0.227. The summed E-state index contributed by atoms with van der Waals surface area (Å²) in [5.74, 6) is 1.000. The van der Waals surface area contributed by atoms with Crippen LogP contribution in [0.1, 0.15) is 37.1 Å². The van der Waals surface area contributed by atoms with E-state index in [2.05, 4.69) is 46.7 Å². The van der Waals surface area contributed by atoms with E-state index in [1.54, 1.807) is 6.26 Å². The summed E-state index contributed by atoms with van der Waals surface area (Å²) in [5.41, 5.74) is 2.34. The van der Waals surface area contributed by atoms with Crippen molar-refractivity contribution in [2.75, 3.05) is 25.0 Å². The van der Waals surface area contributed by atoms with Crippen molar-refractivity contribution in [3.8, 4) is 0 Å². The molecule has 1 saturated heterocycles.